The fourth-order valence-corrected chi connectivity index (χ4v) is 6.54. The van der Waals surface area contributed by atoms with Crippen LogP contribution in [-0.2, 0) is 11.8 Å². The van der Waals surface area contributed by atoms with Crippen molar-refractivity contribution in [2.75, 3.05) is 19.7 Å². The molecule has 0 radical (unpaired) electrons. The van der Waals surface area contributed by atoms with Crippen molar-refractivity contribution in [3.05, 3.63) is 58.9 Å². The standard InChI is InChI=1S/C29H37N9O4/c1-4-15-8-9-18(32-12-15)25(41)33-13-19-22-29(37-26(30)36-22)23(39)20(14-38(29)27(31)35-19)34-24(40)16-6-5-7-17-21(16)42-11-10-28(17,2)3/h5-9,12,19-20,22-23,39H,4,10-11,13-14H2,1-3H3,(H2,31,35)(H,33,41)(H,34,40)(H3,30,36,37)/p+1/t19-,20?,22-,23+,29?/m0/s1. The van der Waals surface area contributed by atoms with E-state index in [1.54, 1.807) is 23.2 Å². The summed E-state index contributed by atoms with van der Waals surface area (Å²) in [6.45, 7) is 7.11. The molecule has 42 heavy (non-hydrogen) atoms. The van der Waals surface area contributed by atoms with E-state index in [0.717, 1.165) is 24.0 Å². The van der Waals surface area contributed by atoms with E-state index in [1.165, 1.54) is 0 Å². The van der Waals surface area contributed by atoms with Gasteiger partial charge in [0.05, 0.1) is 18.2 Å². The van der Waals surface area contributed by atoms with E-state index in [9.17, 15) is 14.7 Å². The molecule has 13 nitrogen and oxygen atoms in total. The highest BCUT2D eigenvalue weighted by atomic mass is 16.5. The minimum Gasteiger partial charge on any atom is -0.492 e. The molecule has 0 bridgehead atoms. The van der Waals surface area contributed by atoms with Crippen molar-refractivity contribution in [1.29, 1.82) is 0 Å². The third-order valence-electron chi connectivity index (χ3n) is 8.95. The number of carbonyl (C=O) groups excluding carboxylic acids is 2. The highest BCUT2D eigenvalue weighted by molar-refractivity contribution is 5.98. The number of guanidine groups is 2. The van der Waals surface area contributed by atoms with Crippen LogP contribution in [0.1, 0.15) is 59.2 Å². The normalized spacial score (nSPS) is 28.7. The number of amides is 2. The number of benzene rings is 1. The summed E-state index contributed by atoms with van der Waals surface area (Å²) in [5.41, 5.74) is 14.0. The summed E-state index contributed by atoms with van der Waals surface area (Å²) < 4.78 is 5.95. The first-order valence-electron chi connectivity index (χ1n) is 14.3. The Morgan fingerprint density at radius 3 is 2.79 bits per heavy atom. The number of pyridine rings is 1. The van der Waals surface area contributed by atoms with Crippen LogP contribution < -0.4 is 37.1 Å². The van der Waals surface area contributed by atoms with Crippen molar-refractivity contribution in [1.82, 2.24) is 25.8 Å². The predicted octanol–water partition coefficient (Wildman–Crippen LogP) is -2.33. The SMILES string of the molecule is CCc1ccc(C(=O)NC[C@@H]2N=C(N)N3CC(NC(=O)c4cccc5c4OCCC5(C)C)[C@@H](O)C34NC(N)=[NH+][C@@H]24)nc1. The molecule has 1 saturated heterocycles. The highest BCUT2D eigenvalue weighted by Crippen LogP contribution is 2.41. The first kappa shape index (κ1) is 27.8. The molecular weight excluding hydrogens is 538 g/mol. The Morgan fingerprint density at radius 1 is 1.24 bits per heavy atom. The Labute approximate surface area is 243 Å². The molecule has 4 aliphatic heterocycles. The van der Waals surface area contributed by atoms with Crippen LogP contribution >= 0.6 is 0 Å². The first-order valence-corrected chi connectivity index (χ1v) is 14.3. The number of nitrogens with one attached hydrogen (secondary N) is 4. The molecule has 4 aliphatic rings. The van der Waals surface area contributed by atoms with Gasteiger partial charge < -0.3 is 31.1 Å². The fourth-order valence-electron chi connectivity index (χ4n) is 6.54. The summed E-state index contributed by atoms with van der Waals surface area (Å²) in [6.07, 6.45) is 2.22. The fraction of sp³-hybridized carbons (Fsp3) is 0.483. The van der Waals surface area contributed by atoms with Crippen LogP contribution in [0.25, 0.3) is 0 Å². The number of nitrogens with two attached hydrogens (primary N) is 2. The molecule has 1 spiro atoms. The number of aromatic nitrogens is 1. The molecule has 13 heteroatoms. The van der Waals surface area contributed by atoms with Crippen LogP contribution in [0, 0.1) is 0 Å². The van der Waals surface area contributed by atoms with Crippen molar-refractivity contribution >= 4 is 23.7 Å². The van der Waals surface area contributed by atoms with Gasteiger partial charge in [-0.3, -0.25) is 25.3 Å². The molecule has 1 fully saturated rings. The summed E-state index contributed by atoms with van der Waals surface area (Å²) in [7, 11) is 0. The van der Waals surface area contributed by atoms with Gasteiger partial charge in [0, 0.05) is 24.8 Å². The number of ether oxygens (including phenoxy) is 1. The second kappa shape index (κ2) is 10.2. The van der Waals surface area contributed by atoms with Gasteiger partial charge in [-0.1, -0.05) is 39.0 Å². The van der Waals surface area contributed by atoms with E-state index in [0.29, 0.717) is 23.6 Å². The van der Waals surface area contributed by atoms with Gasteiger partial charge in [0.1, 0.15) is 23.6 Å². The lowest BCUT2D eigenvalue weighted by Gasteiger charge is -2.43. The molecule has 5 heterocycles. The minimum atomic E-state index is -1.20. The number of hydrogen-bond donors (Lipinski definition) is 7. The van der Waals surface area contributed by atoms with Gasteiger partial charge in [-0.2, -0.15) is 0 Å². The summed E-state index contributed by atoms with van der Waals surface area (Å²) in [6, 6.07) is 7.26. The Balaban J connectivity index is 1.21. The maximum absolute atomic E-state index is 13.6. The summed E-state index contributed by atoms with van der Waals surface area (Å²) in [5.74, 6) is 0.269. The number of carbonyl (C=O) groups is 2. The largest absolute Gasteiger partial charge is 0.492 e. The molecule has 0 aliphatic carbocycles. The van der Waals surface area contributed by atoms with E-state index in [-0.39, 0.29) is 42.2 Å². The van der Waals surface area contributed by atoms with Gasteiger partial charge in [-0.05, 0) is 36.0 Å². The van der Waals surface area contributed by atoms with Crippen LogP contribution in [0.3, 0.4) is 0 Å². The average molecular weight is 577 g/mol. The lowest BCUT2D eigenvalue weighted by Crippen LogP contribution is -2.88. The maximum Gasteiger partial charge on any atom is 0.343 e. The molecule has 222 valence electrons. The van der Waals surface area contributed by atoms with Crippen LogP contribution in [0.2, 0.25) is 0 Å². The molecule has 6 rings (SSSR count). The van der Waals surface area contributed by atoms with E-state index in [1.807, 2.05) is 25.1 Å². The molecule has 2 unspecified atom stereocenters. The third kappa shape index (κ3) is 4.39. The topological polar surface area (TPSA) is 194 Å². The first-order chi connectivity index (χ1) is 20.0. The van der Waals surface area contributed by atoms with Gasteiger partial charge in [-0.25, -0.2) is 10.3 Å². The van der Waals surface area contributed by atoms with Crippen molar-refractivity contribution in [2.45, 2.75) is 68.9 Å². The van der Waals surface area contributed by atoms with Crippen molar-refractivity contribution in [3.8, 4) is 5.75 Å². The number of fused-ring (bicyclic) bond motifs is 1. The zero-order valence-electron chi connectivity index (χ0n) is 24.0. The lowest BCUT2D eigenvalue weighted by atomic mass is 9.79. The molecule has 1 aromatic heterocycles. The second-order valence-corrected chi connectivity index (χ2v) is 12.0. The Morgan fingerprint density at radius 2 is 2.05 bits per heavy atom. The van der Waals surface area contributed by atoms with E-state index < -0.39 is 29.9 Å². The van der Waals surface area contributed by atoms with E-state index >= 15 is 0 Å². The monoisotopic (exact) mass is 576 g/mol. The lowest BCUT2D eigenvalue weighted by molar-refractivity contribution is -0.513. The molecule has 2 amide bonds. The number of aliphatic hydroxyl groups is 1. The van der Waals surface area contributed by atoms with Gasteiger partial charge in [-0.15, -0.1) is 0 Å². The molecule has 0 saturated carbocycles. The molecule has 9 N–H and O–H groups in total. The number of rotatable bonds is 6. The number of aliphatic hydroxyl groups excluding tert-OH is 1. The number of hydrogen-bond acceptors (Lipinski definition) is 10. The van der Waals surface area contributed by atoms with Gasteiger partial charge in [0.25, 0.3) is 11.8 Å². The second-order valence-electron chi connectivity index (χ2n) is 12.0. The Hall–Kier alpha value is -4.39. The highest BCUT2D eigenvalue weighted by Gasteiger charge is 2.68. The number of para-hydroxylation sites is 1. The molecule has 5 atom stereocenters. The van der Waals surface area contributed by atoms with Gasteiger partial charge >= 0.3 is 5.96 Å². The predicted molar refractivity (Wildman–Crippen MR) is 155 cm³/mol. The minimum absolute atomic E-state index is 0.117. The maximum atomic E-state index is 13.6. The van der Waals surface area contributed by atoms with E-state index in [2.05, 4.69) is 44.8 Å². The van der Waals surface area contributed by atoms with Crippen molar-refractivity contribution in [3.63, 3.8) is 0 Å². The quantitative estimate of drug-likeness (QED) is 0.197. The number of nitrogens with zero attached hydrogens (tertiary/aromatic N) is 3. The van der Waals surface area contributed by atoms with Crippen molar-refractivity contribution < 1.29 is 24.4 Å². The Bertz CT molecular complexity index is 1470. The van der Waals surface area contributed by atoms with Crippen LogP contribution in [0.5, 0.6) is 5.75 Å². The van der Waals surface area contributed by atoms with Crippen LogP contribution in [-0.4, -0.2) is 88.3 Å². The molecule has 2 aromatic rings. The zero-order chi connectivity index (χ0) is 29.8. The van der Waals surface area contributed by atoms with E-state index in [4.69, 9.17) is 16.2 Å². The Kier molecular flexibility index (Phi) is 6.71. The van der Waals surface area contributed by atoms with Gasteiger partial charge in [0.15, 0.2) is 12.0 Å². The van der Waals surface area contributed by atoms with Crippen LogP contribution in [0.15, 0.2) is 41.5 Å². The number of aliphatic imine (C=N–C) groups is 1. The van der Waals surface area contributed by atoms with Crippen LogP contribution in [0.4, 0.5) is 0 Å². The zero-order valence-corrected chi connectivity index (χ0v) is 24.0. The summed E-state index contributed by atoms with van der Waals surface area (Å²) in [5, 5.41) is 20.8. The summed E-state index contributed by atoms with van der Waals surface area (Å²) in [4.78, 5) is 40.2. The smallest absolute Gasteiger partial charge is 0.343 e. The number of aryl methyl sites for hydroxylation is 1. The average Bonchev–Trinajstić information content (AvgIpc) is 3.47. The molecule has 1 aromatic carbocycles. The third-order valence-corrected chi connectivity index (χ3v) is 8.95. The molecular formula is C29H38N9O4+. The van der Waals surface area contributed by atoms with Crippen molar-refractivity contribution in [2.24, 2.45) is 16.5 Å². The summed E-state index contributed by atoms with van der Waals surface area (Å²) >= 11 is 0. The van der Waals surface area contributed by atoms with Gasteiger partial charge in [0.2, 0.25) is 5.66 Å².